The van der Waals surface area contributed by atoms with Gasteiger partial charge in [-0.2, -0.15) is 13.5 Å². The van der Waals surface area contributed by atoms with Crippen molar-refractivity contribution in [1.29, 1.82) is 0 Å². The van der Waals surface area contributed by atoms with Crippen molar-refractivity contribution in [1.82, 2.24) is 19.7 Å². The van der Waals surface area contributed by atoms with Crippen molar-refractivity contribution < 1.29 is 32.7 Å². The molecule has 1 aliphatic carbocycles. The molecule has 7 N–H and O–H groups in total. The van der Waals surface area contributed by atoms with Crippen LogP contribution in [0, 0.1) is 0 Å². The molecule has 0 spiro atoms. The summed E-state index contributed by atoms with van der Waals surface area (Å²) in [5.41, 5.74) is 6.33. The summed E-state index contributed by atoms with van der Waals surface area (Å²) in [6.45, 7) is -0.584. The van der Waals surface area contributed by atoms with Crippen LogP contribution in [-0.2, 0) is 19.2 Å². The Kier molecular flexibility index (Phi) is 6.37. The quantitative estimate of drug-likeness (QED) is 0.327. The summed E-state index contributed by atoms with van der Waals surface area (Å²) in [6, 6.07) is 0. The Bertz CT molecular complexity index is 1050. The number of anilines is 1. The topological polar surface area (TPSA) is 209 Å². The summed E-state index contributed by atoms with van der Waals surface area (Å²) in [7, 11) is -4.25. The fraction of sp³-hybridized carbons (Fsp3) is 0.688. The first-order chi connectivity index (χ1) is 14.7. The molecule has 4 rings (SSSR count). The molecule has 1 saturated carbocycles. The fourth-order valence-corrected chi connectivity index (χ4v) is 5.45. The van der Waals surface area contributed by atoms with Gasteiger partial charge in [0.15, 0.2) is 11.9 Å². The van der Waals surface area contributed by atoms with Gasteiger partial charge in [-0.25, -0.2) is 19.8 Å². The summed E-state index contributed by atoms with van der Waals surface area (Å²) in [5.74, 6) is 0.172. The maximum Gasteiger partial charge on any atom is 0.333 e. The molecule has 0 radical (unpaired) electrons. The second-order valence-electron chi connectivity index (χ2n) is 7.54. The van der Waals surface area contributed by atoms with Gasteiger partial charge < -0.3 is 25.8 Å². The van der Waals surface area contributed by atoms with Gasteiger partial charge in [-0.3, -0.25) is 4.18 Å². The second kappa shape index (κ2) is 8.74. The molecule has 15 heteroatoms. The number of thioether (sulfide) groups is 1. The Morgan fingerprint density at radius 3 is 2.68 bits per heavy atom. The molecule has 0 amide bonds. The van der Waals surface area contributed by atoms with Crippen LogP contribution in [0.1, 0.15) is 31.9 Å². The third kappa shape index (κ3) is 4.63. The number of fused-ring (bicyclic) bond motifs is 1. The number of aliphatic hydroxyl groups is 3. The molecule has 13 nitrogen and oxygen atoms in total. The molecule has 6 atom stereocenters. The van der Waals surface area contributed by atoms with Crippen LogP contribution in [0.3, 0.4) is 0 Å². The van der Waals surface area contributed by atoms with Gasteiger partial charge in [0.2, 0.25) is 0 Å². The van der Waals surface area contributed by atoms with Crippen LogP contribution in [0.2, 0.25) is 0 Å². The van der Waals surface area contributed by atoms with Gasteiger partial charge in [0.25, 0.3) is 0 Å². The number of hydrogen-bond donors (Lipinski definition) is 5. The molecule has 0 aromatic carbocycles. The van der Waals surface area contributed by atoms with Crippen molar-refractivity contribution in [2.24, 2.45) is 5.14 Å². The zero-order valence-corrected chi connectivity index (χ0v) is 17.9. The van der Waals surface area contributed by atoms with E-state index in [2.05, 4.69) is 19.2 Å². The molecule has 2 aromatic heterocycles. The van der Waals surface area contributed by atoms with Crippen LogP contribution in [-0.4, -0.2) is 79.8 Å². The molecule has 1 aliphatic heterocycles. The highest BCUT2D eigenvalue weighted by atomic mass is 32.2. The van der Waals surface area contributed by atoms with Crippen molar-refractivity contribution in [2.45, 2.75) is 66.6 Å². The SMILES string of the molecule is Nc1ncnc2c1c(SC1CCCCC1O)nn2[C@@H]1O[C@H](COS(N)(=O)=O)[C@@H](O)[C@H]1O. The molecule has 1 saturated heterocycles. The highest BCUT2D eigenvalue weighted by Gasteiger charge is 2.46. The van der Waals surface area contributed by atoms with E-state index in [0.29, 0.717) is 16.8 Å². The summed E-state index contributed by atoms with van der Waals surface area (Å²) < 4.78 is 33.5. The number of nitrogens with zero attached hydrogens (tertiary/aromatic N) is 4. The molecule has 3 heterocycles. The smallest absolute Gasteiger partial charge is 0.333 e. The Balaban J connectivity index is 1.65. The van der Waals surface area contributed by atoms with Gasteiger partial charge in [-0.1, -0.05) is 24.6 Å². The van der Waals surface area contributed by atoms with Gasteiger partial charge in [0.05, 0.1) is 18.1 Å². The lowest BCUT2D eigenvalue weighted by atomic mass is 9.97. The van der Waals surface area contributed by atoms with Gasteiger partial charge >= 0.3 is 10.3 Å². The first-order valence-corrected chi connectivity index (χ1v) is 12.0. The number of nitrogen functional groups attached to an aromatic ring is 1. The highest BCUT2D eigenvalue weighted by Crippen LogP contribution is 2.40. The van der Waals surface area contributed by atoms with E-state index in [-0.39, 0.29) is 16.7 Å². The third-order valence-electron chi connectivity index (χ3n) is 5.39. The summed E-state index contributed by atoms with van der Waals surface area (Å²) in [4.78, 5) is 8.21. The number of rotatable bonds is 6. The molecule has 31 heavy (non-hydrogen) atoms. The molecule has 2 fully saturated rings. The van der Waals surface area contributed by atoms with E-state index < -0.39 is 47.6 Å². The molecule has 172 valence electrons. The summed E-state index contributed by atoms with van der Waals surface area (Å²) in [5, 5.41) is 41.3. The normalized spacial score (nSPS) is 32.0. The van der Waals surface area contributed by atoms with E-state index in [4.69, 9.17) is 15.6 Å². The van der Waals surface area contributed by atoms with E-state index >= 15 is 0 Å². The van der Waals surface area contributed by atoms with Crippen molar-refractivity contribution in [3.63, 3.8) is 0 Å². The number of aliphatic hydroxyl groups excluding tert-OH is 3. The van der Waals surface area contributed by atoms with Crippen LogP contribution in [0.25, 0.3) is 11.0 Å². The first kappa shape index (κ1) is 22.6. The largest absolute Gasteiger partial charge is 0.392 e. The molecular weight excluding hydrogens is 452 g/mol. The second-order valence-corrected chi connectivity index (χ2v) is 9.99. The lowest BCUT2D eigenvalue weighted by Gasteiger charge is -2.26. The number of nitrogens with two attached hydrogens (primary N) is 2. The van der Waals surface area contributed by atoms with E-state index in [1.807, 2.05) is 0 Å². The monoisotopic (exact) mass is 476 g/mol. The molecule has 0 bridgehead atoms. The van der Waals surface area contributed by atoms with Crippen molar-refractivity contribution in [3.05, 3.63) is 6.33 Å². The predicted octanol–water partition coefficient (Wildman–Crippen LogP) is -1.36. The van der Waals surface area contributed by atoms with Gasteiger partial charge in [-0.15, -0.1) is 0 Å². The average Bonchev–Trinajstić information content (AvgIpc) is 3.20. The summed E-state index contributed by atoms with van der Waals surface area (Å²) in [6.07, 6.45) is -1.07. The number of ether oxygens (including phenoxy) is 1. The average molecular weight is 477 g/mol. The first-order valence-electron chi connectivity index (χ1n) is 9.68. The minimum absolute atomic E-state index is 0.0872. The van der Waals surface area contributed by atoms with E-state index in [1.54, 1.807) is 0 Å². The maximum atomic E-state index is 11.0. The summed E-state index contributed by atoms with van der Waals surface area (Å²) >= 11 is 1.35. The van der Waals surface area contributed by atoms with Gasteiger partial charge in [0, 0.05) is 5.25 Å². The number of hydrogen-bond acceptors (Lipinski definition) is 12. The molecule has 2 aromatic rings. The predicted molar refractivity (Wildman–Crippen MR) is 109 cm³/mol. The van der Waals surface area contributed by atoms with Gasteiger partial charge in [0.1, 0.15) is 35.5 Å². The Labute approximate surface area is 182 Å². The number of aromatic nitrogens is 4. The van der Waals surface area contributed by atoms with Crippen LogP contribution in [0.5, 0.6) is 0 Å². The Hall–Kier alpha value is -1.59. The molecule has 2 aliphatic rings. The maximum absolute atomic E-state index is 11.0. The van der Waals surface area contributed by atoms with E-state index in [0.717, 1.165) is 19.3 Å². The van der Waals surface area contributed by atoms with Crippen LogP contribution in [0.15, 0.2) is 11.4 Å². The highest BCUT2D eigenvalue weighted by molar-refractivity contribution is 8.00. The third-order valence-corrected chi connectivity index (χ3v) is 7.22. The van der Waals surface area contributed by atoms with Crippen LogP contribution < -0.4 is 10.9 Å². The zero-order chi connectivity index (χ0) is 22.3. The fourth-order valence-electron chi connectivity index (χ4n) is 3.81. The van der Waals surface area contributed by atoms with E-state index in [1.165, 1.54) is 22.8 Å². The molecular formula is C16H24N6O7S2. The van der Waals surface area contributed by atoms with Gasteiger partial charge in [-0.05, 0) is 12.8 Å². The lowest BCUT2D eigenvalue weighted by Crippen LogP contribution is -2.35. The Morgan fingerprint density at radius 2 is 1.97 bits per heavy atom. The van der Waals surface area contributed by atoms with Crippen molar-refractivity contribution >= 4 is 38.9 Å². The minimum atomic E-state index is -4.25. The lowest BCUT2D eigenvalue weighted by molar-refractivity contribution is -0.0532. The van der Waals surface area contributed by atoms with Crippen LogP contribution >= 0.6 is 11.8 Å². The molecule has 2 unspecified atom stereocenters. The standard InChI is InChI=1S/C16H24N6O7S2/c17-13-10-14(20-6-19-13)22(21-15(10)30-9-4-2-1-3-7(9)23)16-12(25)11(24)8(29-16)5-28-31(18,26)27/h6-9,11-12,16,23-25H,1-5H2,(H2,17,19,20)(H2,18,26,27)/t7?,8-,9?,11-,12-,16-/m1/s1. The van der Waals surface area contributed by atoms with E-state index in [9.17, 15) is 23.7 Å². The zero-order valence-electron chi connectivity index (χ0n) is 16.3. The Morgan fingerprint density at radius 1 is 1.23 bits per heavy atom. The van der Waals surface area contributed by atoms with Crippen molar-refractivity contribution in [3.8, 4) is 0 Å². The minimum Gasteiger partial charge on any atom is -0.392 e. The van der Waals surface area contributed by atoms with Crippen LogP contribution in [0.4, 0.5) is 5.82 Å². The van der Waals surface area contributed by atoms with Crippen molar-refractivity contribution in [2.75, 3.05) is 12.3 Å².